The summed E-state index contributed by atoms with van der Waals surface area (Å²) in [5.74, 6) is -0.335. The van der Waals surface area contributed by atoms with Gasteiger partial charge in [0.1, 0.15) is 5.69 Å². The van der Waals surface area contributed by atoms with Crippen molar-refractivity contribution in [1.29, 1.82) is 0 Å². The first-order valence-electron chi connectivity index (χ1n) is 10.2. The Morgan fingerprint density at radius 1 is 1.23 bits per heavy atom. The molecule has 1 fully saturated rings. The van der Waals surface area contributed by atoms with Crippen molar-refractivity contribution in [1.82, 2.24) is 25.4 Å². The van der Waals surface area contributed by atoms with E-state index in [0.29, 0.717) is 31.0 Å². The molecular formula is C23H25N5O2. The summed E-state index contributed by atoms with van der Waals surface area (Å²) in [5.41, 5.74) is 4.21. The van der Waals surface area contributed by atoms with Crippen LogP contribution < -0.4 is 5.32 Å². The number of rotatable bonds is 5. The van der Waals surface area contributed by atoms with Gasteiger partial charge in [-0.15, -0.1) is 0 Å². The van der Waals surface area contributed by atoms with E-state index in [4.69, 9.17) is 0 Å². The Balaban J connectivity index is 1.37. The van der Waals surface area contributed by atoms with Gasteiger partial charge in [0.05, 0.1) is 11.6 Å². The predicted octanol–water partition coefficient (Wildman–Crippen LogP) is 2.95. The summed E-state index contributed by atoms with van der Waals surface area (Å²) < 4.78 is 0. The third kappa shape index (κ3) is 4.40. The van der Waals surface area contributed by atoms with Crippen molar-refractivity contribution < 1.29 is 9.59 Å². The first-order chi connectivity index (χ1) is 14.6. The number of carbonyl (C=O) groups is 2. The number of piperidine rings is 1. The van der Waals surface area contributed by atoms with Gasteiger partial charge in [0.15, 0.2) is 0 Å². The number of H-pyrrole nitrogens is 1. The second-order valence-corrected chi connectivity index (χ2v) is 7.64. The van der Waals surface area contributed by atoms with Crippen LogP contribution in [0.5, 0.6) is 0 Å². The van der Waals surface area contributed by atoms with Crippen LogP contribution in [0.15, 0.2) is 54.9 Å². The Morgan fingerprint density at radius 3 is 2.90 bits per heavy atom. The van der Waals surface area contributed by atoms with Crippen LogP contribution >= 0.6 is 0 Å². The minimum absolute atomic E-state index is 0.00332. The summed E-state index contributed by atoms with van der Waals surface area (Å²) in [6.07, 6.45) is 4.99. The summed E-state index contributed by atoms with van der Waals surface area (Å²) >= 11 is 0. The molecule has 1 aliphatic rings. The number of aryl methyl sites for hydroxylation is 1. The maximum absolute atomic E-state index is 12.9. The molecule has 0 bridgehead atoms. The van der Waals surface area contributed by atoms with Gasteiger partial charge in [-0.25, -0.2) is 0 Å². The van der Waals surface area contributed by atoms with Crippen LogP contribution in [-0.4, -0.2) is 45.0 Å². The smallest absolute Gasteiger partial charge is 0.271 e. The molecule has 7 nitrogen and oxygen atoms in total. The molecule has 3 heterocycles. The van der Waals surface area contributed by atoms with E-state index >= 15 is 0 Å². The Bertz CT molecular complexity index is 1030. The van der Waals surface area contributed by atoms with Crippen LogP contribution in [0.25, 0.3) is 11.3 Å². The van der Waals surface area contributed by atoms with E-state index in [1.165, 1.54) is 0 Å². The number of benzene rings is 1. The number of likely N-dealkylation sites (tertiary alicyclic amines) is 1. The lowest BCUT2D eigenvalue weighted by molar-refractivity contribution is -0.126. The summed E-state index contributed by atoms with van der Waals surface area (Å²) in [6.45, 7) is 3.60. The minimum atomic E-state index is -0.201. The lowest BCUT2D eigenvalue weighted by Crippen LogP contribution is -2.45. The average Bonchev–Trinajstić information content (AvgIpc) is 3.29. The largest absolute Gasteiger partial charge is 0.352 e. The quantitative estimate of drug-likeness (QED) is 0.685. The lowest BCUT2D eigenvalue weighted by atomic mass is 9.96. The fraction of sp³-hybridized carbons (Fsp3) is 0.304. The van der Waals surface area contributed by atoms with E-state index in [0.717, 1.165) is 29.5 Å². The molecule has 0 aliphatic carbocycles. The first-order valence-corrected chi connectivity index (χ1v) is 10.2. The highest BCUT2D eigenvalue weighted by Gasteiger charge is 2.29. The molecule has 154 valence electrons. The van der Waals surface area contributed by atoms with Crippen LogP contribution in [0.1, 0.15) is 34.5 Å². The number of nitrogens with zero attached hydrogens (tertiary/aromatic N) is 3. The van der Waals surface area contributed by atoms with Crippen molar-refractivity contribution in [2.45, 2.75) is 26.3 Å². The van der Waals surface area contributed by atoms with Crippen molar-refractivity contribution >= 4 is 11.8 Å². The standard InChI is InChI=1S/C23H25N5O2/c1-16-6-2-3-7-17(16)14-25-22(29)19-9-5-11-28(15-19)23(30)21-12-20(26-27-21)18-8-4-10-24-13-18/h2-4,6-8,10,12-13,19H,5,9,11,14-15H2,1H3,(H,25,29)(H,26,27)/t19-/m0/s1. The SMILES string of the molecule is Cc1ccccc1CNC(=O)[C@H]1CCCN(C(=O)c2cc(-c3cccnc3)n[nH]2)C1. The first kappa shape index (κ1) is 19.8. The molecule has 3 aromatic rings. The summed E-state index contributed by atoms with van der Waals surface area (Å²) in [6, 6.07) is 13.5. The number of nitrogens with one attached hydrogen (secondary N) is 2. The van der Waals surface area contributed by atoms with Gasteiger partial charge in [-0.2, -0.15) is 5.10 Å². The third-order valence-electron chi connectivity index (χ3n) is 5.56. The van der Waals surface area contributed by atoms with Gasteiger partial charge in [0.2, 0.25) is 5.91 Å². The summed E-state index contributed by atoms with van der Waals surface area (Å²) in [7, 11) is 0. The Kier molecular flexibility index (Phi) is 5.88. The van der Waals surface area contributed by atoms with Crippen LogP contribution in [0.2, 0.25) is 0 Å². The molecule has 0 saturated carbocycles. The number of hydrogen-bond acceptors (Lipinski definition) is 4. The zero-order valence-corrected chi connectivity index (χ0v) is 17.0. The Labute approximate surface area is 175 Å². The van der Waals surface area contributed by atoms with Crippen molar-refractivity contribution in [3.8, 4) is 11.3 Å². The molecule has 1 aromatic carbocycles. The molecule has 2 amide bonds. The molecule has 4 rings (SSSR count). The van der Waals surface area contributed by atoms with Gasteiger partial charge in [-0.1, -0.05) is 24.3 Å². The topological polar surface area (TPSA) is 91.0 Å². The number of amides is 2. The maximum Gasteiger partial charge on any atom is 0.271 e. The molecule has 7 heteroatoms. The highest BCUT2D eigenvalue weighted by Crippen LogP contribution is 2.21. The van der Waals surface area contributed by atoms with Crippen LogP contribution in [0.3, 0.4) is 0 Å². The fourth-order valence-electron chi connectivity index (χ4n) is 3.77. The van der Waals surface area contributed by atoms with Crippen molar-refractivity contribution in [3.63, 3.8) is 0 Å². The molecule has 0 radical (unpaired) electrons. The van der Waals surface area contributed by atoms with E-state index in [9.17, 15) is 9.59 Å². The zero-order valence-electron chi connectivity index (χ0n) is 17.0. The molecule has 0 unspecified atom stereocenters. The van der Waals surface area contributed by atoms with Gasteiger partial charge < -0.3 is 10.2 Å². The summed E-state index contributed by atoms with van der Waals surface area (Å²) in [5, 5.41) is 10.1. The lowest BCUT2D eigenvalue weighted by Gasteiger charge is -2.31. The second kappa shape index (κ2) is 8.90. The Morgan fingerprint density at radius 2 is 2.10 bits per heavy atom. The molecule has 0 spiro atoms. The van der Waals surface area contributed by atoms with Crippen LogP contribution in [0, 0.1) is 12.8 Å². The normalized spacial score (nSPS) is 16.3. The number of pyridine rings is 1. The monoisotopic (exact) mass is 403 g/mol. The highest BCUT2D eigenvalue weighted by molar-refractivity contribution is 5.94. The molecule has 1 saturated heterocycles. The number of carbonyl (C=O) groups excluding carboxylic acids is 2. The van der Waals surface area contributed by atoms with E-state index in [1.807, 2.05) is 43.3 Å². The number of aromatic amines is 1. The molecular weight excluding hydrogens is 378 g/mol. The average molecular weight is 403 g/mol. The fourth-order valence-corrected chi connectivity index (χ4v) is 3.77. The van der Waals surface area contributed by atoms with E-state index < -0.39 is 0 Å². The highest BCUT2D eigenvalue weighted by atomic mass is 16.2. The number of aromatic nitrogens is 3. The van der Waals surface area contributed by atoms with Gasteiger partial charge >= 0.3 is 0 Å². The molecule has 30 heavy (non-hydrogen) atoms. The van der Waals surface area contributed by atoms with Crippen molar-refractivity contribution in [2.75, 3.05) is 13.1 Å². The van der Waals surface area contributed by atoms with E-state index in [2.05, 4.69) is 20.5 Å². The van der Waals surface area contributed by atoms with Crippen LogP contribution in [0.4, 0.5) is 0 Å². The minimum Gasteiger partial charge on any atom is -0.352 e. The van der Waals surface area contributed by atoms with E-state index in [-0.39, 0.29) is 17.7 Å². The molecule has 1 atom stereocenters. The third-order valence-corrected chi connectivity index (χ3v) is 5.56. The Hall–Kier alpha value is -3.48. The summed E-state index contributed by atoms with van der Waals surface area (Å²) in [4.78, 5) is 31.5. The van der Waals surface area contributed by atoms with Gasteiger partial charge in [-0.3, -0.25) is 19.7 Å². The number of hydrogen-bond donors (Lipinski definition) is 2. The van der Waals surface area contributed by atoms with Crippen molar-refractivity contribution in [2.24, 2.45) is 5.92 Å². The molecule has 2 aromatic heterocycles. The molecule has 1 aliphatic heterocycles. The predicted molar refractivity (Wildman–Crippen MR) is 113 cm³/mol. The maximum atomic E-state index is 12.9. The molecule has 2 N–H and O–H groups in total. The second-order valence-electron chi connectivity index (χ2n) is 7.64. The van der Waals surface area contributed by atoms with Gasteiger partial charge in [0.25, 0.3) is 5.91 Å². The van der Waals surface area contributed by atoms with Gasteiger partial charge in [-0.05, 0) is 49.1 Å². The van der Waals surface area contributed by atoms with Crippen LogP contribution in [-0.2, 0) is 11.3 Å². The van der Waals surface area contributed by atoms with Crippen molar-refractivity contribution in [3.05, 3.63) is 71.7 Å². The van der Waals surface area contributed by atoms with E-state index in [1.54, 1.807) is 23.4 Å². The zero-order chi connectivity index (χ0) is 20.9. The van der Waals surface area contributed by atoms with Gasteiger partial charge in [0, 0.05) is 37.6 Å².